The number of nitrogens with one attached hydrogen (secondary N) is 2. The minimum atomic E-state index is 0.0677. The molecule has 0 bridgehead atoms. The number of carbonyl (C=O) groups excluding carboxylic acids is 1. The molecule has 19 heavy (non-hydrogen) atoms. The lowest BCUT2D eigenvalue weighted by Gasteiger charge is -2.06. The number of carbonyl (C=O) groups is 1. The lowest BCUT2D eigenvalue weighted by Crippen LogP contribution is -2.34. The van der Waals surface area contributed by atoms with Crippen molar-refractivity contribution < 1.29 is 9.90 Å². The molecule has 0 atom stereocenters. The summed E-state index contributed by atoms with van der Waals surface area (Å²) in [7, 11) is 0. The van der Waals surface area contributed by atoms with Gasteiger partial charge in [-0.25, -0.2) is 0 Å². The van der Waals surface area contributed by atoms with E-state index in [1.165, 1.54) is 5.56 Å². The van der Waals surface area contributed by atoms with Crippen molar-refractivity contribution in [3.05, 3.63) is 29.8 Å². The number of amides is 1. The van der Waals surface area contributed by atoms with Crippen LogP contribution in [-0.4, -0.2) is 30.6 Å². The van der Waals surface area contributed by atoms with Crippen LogP contribution < -0.4 is 10.6 Å². The van der Waals surface area contributed by atoms with Crippen LogP contribution in [0.1, 0.15) is 31.7 Å². The van der Waals surface area contributed by atoms with Crippen molar-refractivity contribution in [2.75, 3.05) is 19.6 Å². The van der Waals surface area contributed by atoms with Gasteiger partial charge in [0.15, 0.2) is 0 Å². The van der Waals surface area contributed by atoms with Crippen LogP contribution in [0.25, 0.3) is 0 Å². The second-order valence-electron chi connectivity index (χ2n) is 4.65. The number of phenols is 1. The van der Waals surface area contributed by atoms with E-state index in [9.17, 15) is 4.79 Å². The molecule has 3 N–H and O–H groups in total. The average molecular weight is 264 g/mol. The lowest BCUT2D eigenvalue weighted by molar-refractivity contribution is -0.120. The number of unbranched alkanes of at least 4 members (excludes halogenated alkanes) is 1. The van der Waals surface area contributed by atoms with Crippen LogP contribution in [0.2, 0.25) is 0 Å². The molecule has 4 heteroatoms. The van der Waals surface area contributed by atoms with E-state index >= 15 is 0 Å². The fourth-order valence-electron chi connectivity index (χ4n) is 1.79. The van der Waals surface area contributed by atoms with E-state index in [-0.39, 0.29) is 5.91 Å². The van der Waals surface area contributed by atoms with Crippen molar-refractivity contribution in [1.82, 2.24) is 10.6 Å². The second kappa shape index (κ2) is 9.39. The highest BCUT2D eigenvalue weighted by Crippen LogP contribution is 2.11. The van der Waals surface area contributed by atoms with E-state index in [0.717, 1.165) is 38.8 Å². The summed E-state index contributed by atoms with van der Waals surface area (Å²) in [6.45, 7) is 4.10. The van der Waals surface area contributed by atoms with E-state index in [0.29, 0.717) is 12.3 Å². The first-order valence-corrected chi connectivity index (χ1v) is 6.97. The largest absolute Gasteiger partial charge is 0.508 e. The van der Waals surface area contributed by atoms with E-state index < -0.39 is 0 Å². The monoisotopic (exact) mass is 264 g/mol. The van der Waals surface area contributed by atoms with Crippen molar-refractivity contribution in [3.63, 3.8) is 0 Å². The van der Waals surface area contributed by atoms with E-state index in [1.807, 2.05) is 12.1 Å². The normalized spacial score (nSPS) is 10.4. The van der Waals surface area contributed by atoms with Gasteiger partial charge in [0.05, 0.1) is 6.54 Å². The summed E-state index contributed by atoms with van der Waals surface area (Å²) in [5.41, 5.74) is 1.22. The quantitative estimate of drug-likeness (QED) is 0.596. The third-order valence-electron chi connectivity index (χ3n) is 2.86. The Morgan fingerprint density at radius 2 is 1.89 bits per heavy atom. The molecule has 0 fully saturated rings. The minimum absolute atomic E-state index is 0.0677. The maximum Gasteiger partial charge on any atom is 0.233 e. The van der Waals surface area contributed by atoms with Gasteiger partial charge in [-0.1, -0.05) is 19.1 Å². The highest BCUT2D eigenvalue weighted by molar-refractivity contribution is 5.77. The molecule has 0 aromatic heterocycles. The second-order valence-corrected chi connectivity index (χ2v) is 4.65. The summed E-state index contributed by atoms with van der Waals surface area (Å²) in [5, 5.41) is 15.1. The van der Waals surface area contributed by atoms with Crippen molar-refractivity contribution in [3.8, 4) is 5.75 Å². The Kier molecular flexibility index (Phi) is 7.66. The number of benzene rings is 1. The predicted molar refractivity (Wildman–Crippen MR) is 77.2 cm³/mol. The number of aryl methyl sites for hydroxylation is 1. The Labute approximate surface area is 115 Å². The number of hydrogen-bond acceptors (Lipinski definition) is 3. The van der Waals surface area contributed by atoms with Gasteiger partial charge in [-0.3, -0.25) is 4.79 Å². The number of hydrogen-bond donors (Lipinski definition) is 3. The third kappa shape index (κ3) is 7.47. The smallest absolute Gasteiger partial charge is 0.233 e. The van der Waals surface area contributed by atoms with Gasteiger partial charge >= 0.3 is 0 Å². The molecule has 0 saturated heterocycles. The van der Waals surface area contributed by atoms with Gasteiger partial charge in [0.25, 0.3) is 0 Å². The number of aromatic hydroxyl groups is 1. The summed E-state index contributed by atoms with van der Waals surface area (Å²) < 4.78 is 0. The molecular weight excluding hydrogens is 240 g/mol. The summed E-state index contributed by atoms with van der Waals surface area (Å²) >= 11 is 0. The highest BCUT2D eigenvalue weighted by Gasteiger charge is 1.99. The standard InChI is InChI=1S/C15H24N2O2/c1-2-10-16-12-15(19)17-11-4-3-5-13-6-8-14(18)9-7-13/h6-9,16,18H,2-5,10-12H2,1H3,(H,17,19). The summed E-state index contributed by atoms with van der Waals surface area (Å²) in [6, 6.07) is 7.28. The topological polar surface area (TPSA) is 61.4 Å². The summed E-state index contributed by atoms with van der Waals surface area (Å²) in [5.74, 6) is 0.369. The van der Waals surface area contributed by atoms with Crippen molar-refractivity contribution >= 4 is 5.91 Å². The Bertz CT molecular complexity index is 363. The molecule has 0 aliphatic heterocycles. The molecule has 1 aromatic carbocycles. The molecule has 0 radical (unpaired) electrons. The first-order chi connectivity index (χ1) is 9.22. The van der Waals surface area contributed by atoms with E-state index in [2.05, 4.69) is 17.6 Å². The molecule has 1 aromatic rings. The van der Waals surface area contributed by atoms with Crippen molar-refractivity contribution in [2.45, 2.75) is 32.6 Å². The van der Waals surface area contributed by atoms with Crippen LogP contribution in [0, 0.1) is 0 Å². The van der Waals surface area contributed by atoms with Gasteiger partial charge in [0.1, 0.15) is 5.75 Å². The zero-order valence-corrected chi connectivity index (χ0v) is 11.6. The van der Waals surface area contributed by atoms with Gasteiger partial charge < -0.3 is 15.7 Å². The predicted octanol–water partition coefficient (Wildman–Crippen LogP) is 1.83. The van der Waals surface area contributed by atoms with Crippen LogP contribution in [-0.2, 0) is 11.2 Å². The lowest BCUT2D eigenvalue weighted by atomic mass is 10.1. The van der Waals surface area contributed by atoms with Crippen LogP contribution >= 0.6 is 0 Å². The third-order valence-corrected chi connectivity index (χ3v) is 2.86. The SMILES string of the molecule is CCCNCC(=O)NCCCCc1ccc(O)cc1. The Morgan fingerprint density at radius 3 is 2.58 bits per heavy atom. The number of rotatable bonds is 9. The number of phenolic OH excluding ortho intramolecular Hbond substituents is 1. The summed E-state index contributed by atoms with van der Waals surface area (Å²) in [6.07, 6.45) is 4.03. The first-order valence-electron chi connectivity index (χ1n) is 6.97. The van der Waals surface area contributed by atoms with Gasteiger partial charge in [-0.2, -0.15) is 0 Å². The van der Waals surface area contributed by atoms with Crippen LogP contribution in [0.4, 0.5) is 0 Å². The molecule has 0 unspecified atom stereocenters. The van der Waals surface area contributed by atoms with Gasteiger partial charge in [-0.15, -0.1) is 0 Å². The fourth-order valence-corrected chi connectivity index (χ4v) is 1.79. The molecule has 4 nitrogen and oxygen atoms in total. The maximum absolute atomic E-state index is 11.4. The van der Waals surface area contributed by atoms with E-state index in [1.54, 1.807) is 12.1 Å². The van der Waals surface area contributed by atoms with Gasteiger partial charge in [-0.05, 0) is 49.9 Å². The molecule has 0 aliphatic carbocycles. The van der Waals surface area contributed by atoms with Crippen molar-refractivity contribution in [1.29, 1.82) is 0 Å². The zero-order valence-electron chi connectivity index (χ0n) is 11.6. The van der Waals surface area contributed by atoms with Gasteiger partial charge in [0, 0.05) is 6.54 Å². The molecule has 0 heterocycles. The van der Waals surface area contributed by atoms with Crippen LogP contribution in [0.3, 0.4) is 0 Å². The van der Waals surface area contributed by atoms with Crippen LogP contribution in [0.15, 0.2) is 24.3 Å². The first kappa shape index (κ1) is 15.5. The van der Waals surface area contributed by atoms with Crippen LogP contribution in [0.5, 0.6) is 5.75 Å². The minimum Gasteiger partial charge on any atom is -0.508 e. The molecule has 1 amide bonds. The molecular formula is C15H24N2O2. The molecule has 0 saturated carbocycles. The van der Waals surface area contributed by atoms with Crippen molar-refractivity contribution in [2.24, 2.45) is 0 Å². The molecule has 1 rings (SSSR count). The average Bonchev–Trinajstić information content (AvgIpc) is 2.41. The summed E-state index contributed by atoms with van der Waals surface area (Å²) in [4.78, 5) is 11.4. The Balaban J connectivity index is 2.01. The van der Waals surface area contributed by atoms with Gasteiger partial charge in [0.2, 0.25) is 5.91 Å². The highest BCUT2D eigenvalue weighted by atomic mass is 16.3. The fraction of sp³-hybridized carbons (Fsp3) is 0.533. The Morgan fingerprint density at radius 1 is 1.16 bits per heavy atom. The van der Waals surface area contributed by atoms with E-state index in [4.69, 9.17) is 5.11 Å². The molecule has 106 valence electrons. The molecule has 0 spiro atoms. The maximum atomic E-state index is 11.4. The Hall–Kier alpha value is -1.55. The zero-order chi connectivity index (χ0) is 13.9. The molecule has 0 aliphatic rings.